The van der Waals surface area contributed by atoms with E-state index in [2.05, 4.69) is 0 Å². The van der Waals surface area contributed by atoms with Gasteiger partial charge in [0.05, 0.1) is 23.0 Å². The van der Waals surface area contributed by atoms with E-state index in [1.807, 2.05) is 0 Å². The van der Waals surface area contributed by atoms with Crippen molar-refractivity contribution in [2.24, 2.45) is 11.8 Å². The molecule has 2 atom stereocenters. The molecule has 1 aromatic carbocycles. The van der Waals surface area contributed by atoms with Gasteiger partial charge in [-0.25, -0.2) is 18.4 Å². The Morgan fingerprint density at radius 2 is 1.62 bits per heavy atom. The highest BCUT2D eigenvalue weighted by Crippen LogP contribution is 2.32. The highest BCUT2D eigenvalue weighted by Gasteiger charge is 2.48. The monoisotopic (exact) mass is 410 g/mol. The van der Waals surface area contributed by atoms with Crippen molar-refractivity contribution in [3.8, 4) is 0 Å². The number of hydroxylamine groups is 2. The lowest BCUT2D eigenvalue weighted by atomic mass is 9.97. The predicted molar refractivity (Wildman–Crippen MR) is 93.8 cm³/mol. The molecule has 3 rings (SSSR count). The number of nitrogens with zero attached hydrogens (tertiary/aromatic N) is 2. The molecule has 0 spiro atoms. The van der Waals surface area contributed by atoms with Gasteiger partial charge in [-0.05, 0) is 32.9 Å². The Kier molecular flexibility index (Phi) is 5.29. The number of fused-ring (bicyclic) bond motifs is 1. The Labute approximate surface area is 165 Å². The number of rotatable bonds is 3. The number of halogens is 2. The van der Waals surface area contributed by atoms with Crippen molar-refractivity contribution in [1.29, 1.82) is 0 Å². The molecule has 1 fully saturated rings. The smallest absolute Gasteiger partial charge is 0.410 e. The van der Waals surface area contributed by atoms with Gasteiger partial charge in [-0.15, -0.1) is 0 Å². The Balaban J connectivity index is 1.73. The zero-order chi connectivity index (χ0) is 21.5. The van der Waals surface area contributed by atoms with E-state index in [9.17, 15) is 28.0 Å². The molecule has 0 unspecified atom stereocenters. The molecule has 0 aromatic heterocycles. The van der Waals surface area contributed by atoms with Crippen LogP contribution in [0, 0.1) is 11.8 Å². The molecule has 1 saturated heterocycles. The summed E-state index contributed by atoms with van der Waals surface area (Å²) in [4.78, 5) is 55.2. The fraction of sp³-hybridized carbons (Fsp3) is 0.474. The van der Waals surface area contributed by atoms with E-state index in [0.29, 0.717) is 0 Å². The standard InChI is InChI=1S/C19H20F2N2O6/c1-19(2,3)28-18(27)22-8-12(14(20)21)13(9-22)17(26)29-23-15(24)10-6-4-5-7-11(10)16(23)25/h4-7,12-14H,8-9H2,1-3H3/t12-,13-/m1/s1. The van der Waals surface area contributed by atoms with Gasteiger partial charge in [-0.2, -0.15) is 0 Å². The summed E-state index contributed by atoms with van der Waals surface area (Å²) < 4.78 is 32.1. The summed E-state index contributed by atoms with van der Waals surface area (Å²) in [6, 6.07) is 5.87. The molecule has 0 aliphatic carbocycles. The van der Waals surface area contributed by atoms with Crippen LogP contribution in [0.5, 0.6) is 0 Å². The lowest BCUT2D eigenvalue weighted by Crippen LogP contribution is -2.38. The van der Waals surface area contributed by atoms with Gasteiger partial charge < -0.3 is 14.5 Å². The Hall–Kier alpha value is -3.04. The lowest BCUT2D eigenvalue weighted by Gasteiger charge is -2.24. The second-order valence-corrected chi connectivity index (χ2v) is 7.85. The third kappa shape index (κ3) is 4.06. The summed E-state index contributed by atoms with van der Waals surface area (Å²) in [6.45, 7) is 4.10. The van der Waals surface area contributed by atoms with Crippen molar-refractivity contribution in [1.82, 2.24) is 9.96 Å². The maximum Gasteiger partial charge on any atom is 0.410 e. The first-order valence-corrected chi connectivity index (χ1v) is 8.95. The molecule has 29 heavy (non-hydrogen) atoms. The number of likely N-dealkylation sites (tertiary alicyclic amines) is 1. The Morgan fingerprint density at radius 1 is 1.07 bits per heavy atom. The van der Waals surface area contributed by atoms with E-state index < -0.39 is 54.3 Å². The molecular formula is C19H20F2N2O6. The number of amides is 3. The molecule has 3 amide bonds. The molecule has 0 radical (unpaired) electrons. The quantitative estimate of drug-likeness (QED) is 0.711. The summed E-state index contributed by atoms with van der Waals surface area (Å²) >= 11 is 0. The van der Waals surface area contributed by atoms with Crippen LogP contribution >= 0.6 is 0 Å². The summed E-state index contributed by atoms with van der Waals surface area (Å²) in [7, 11) is 0. The van der Waals surface area contributed by atoms with Crippen LogP contribution in [0.3, 0.4) is 0 Å². The SMILES string of the molecule is CC(C)(C)OC(=O)N1C[C@@H](C(=O)ON2C(=O)c3ccccc3C2=O)[C@H](C(F)F)C1. The van der Waals surface area contributed by atoms with Crippen LogP contribution in [-0.2, 0) is 14.4 Å². The largest absolute Gasteiger partial charge is 0.444 e. The summed E-state index contributed by atoms with van der Waals surface area (Å²) in [5.74, 6) is -5.81. The number of carbonyl (C=O) groups excluding carboxylic acids is 4. The summed E-state index contributed by atoms with van der Waals surface area (Å²) in [5.41, 5.74) is -0.731. The first kappa shape index (κ1) is 20.7. The normalized spacial score (nSPS) is 21.6. The van der Waals surface area contributed by atoms with E-state index in [-0.39, 0.29) is 22.7 Å². The van der Waals surface area contributed by atoms with Gasteiger partial charge in [0.25, 0.3) is 11.8 Å². The molecule has 0 bridgehead atoms. The summed E-state index contributed by atoms with van der Waals surface area (Å²) in [5, 5.41) is 0.270. The minimum atomic E-state index is -2.91. The zero-order valence-corrected chi connectivity index (χ0v) is 16.1. The van der Waals surface area contributed by atoms with Gasteiger partial charge in [0.2, 0.25) is 6.43 Å². The van der Waals surface area contributed by atoms with E-state index in [1.54, 1.807) is 20.8 Å². The highest BCUT2D eigenvalue weighted by atomic mass is 19.3. The van der Waals surface area contributed by atoms with E-state index in [1.165, 1.54) is 24.3 Å². The molecule has 10 heteroatoms. The molecule has 2 aliphatic heterocycles. The van der Waals surface area contributed by atoms with Crippen LogP contribution in [0.4, 0.5) is 13.6 Å². The third-order valence-electron chi connectivity index (χ3n) is 4.58. The first-order chi connectivity index (χ1) is 13.5. The van der Waals surface area contributed by atoms with Crippen molar-refractivity contribution >= 4 is 23.9 Å². The molecule has 0 N–H and O–H groups in total. The molecule has 0 saturated carbocycles. The fourth-order valence-electron chi connectivity index (χ4n) is 3.22. The Bertz CT molecular complexity index is 832. The topological polar surface area (TPSA) is 93.2 Å². The number of imide groups is 1. The van der Waals surface area contributed by atoms with Crippen LogP contribution in [0.2, 0.25) is 0 Å². The molecule has 2 heterocycles. The van der Waals surface area contributed by atoms with Crippen molar-refractivity contribution in [2.75, 3.05) is 13.1 Å². The molecule has 2 aliphatic rings. The van der Waals surface area contributed by atoms with Crippen LogP contribution in [0.1, 0.15) is 41.5 Å². The maximum atomic E-state index is 13.5. The molecular weight excluding hydrogens is 390 g/mol. The van der Waals surface area contributed by atoms with Gasteiger partial charge in [0.1, 0.15) is 5.60 Å². The average molecular weight is 410 g/mol. The van der Waals surface area contributed by atoms with Crippen LogP contribution < -0.4 is 0 Å². The number of benzene rings is 1. The van der Waals surface area contributed by atoms with Gasteiger partial charge >= 0.3 is 12.1 Å². The number of alkyl halides is 2. The van der Waals surface area contributed by atoms with Gasteiger partial charge in [0.15, 0.2) is 0 Å². The van der Waals surface area contributed by atoms with E-state index >= 15 is 0 Å². The van der Waals surface area contributed by atoms with Crippen LogP contribution in [0.15, 0.2) is 24.3 Å². The lowest BCUT2D eigenvalue weighted by molar-refractivity contribution is -0.176. The molecule has 156 valence electrons. The number of carbonyl (C=O) groups is 4. The van der Waals surface area contributed by atoms with Crippen LogP contribution in [-0.4, -0.2) is 59.0 Å². The Morgan fingerprint density at radius 3 is 2.10 bits per heavy atom. The van der Waals surface area contributed by atoms with Gasteiger partial charge in [-0.3, -0.25) is 9.59 Å². The fourth-order valence-corrected chi connectivity index (χ4v) is 3.22. The second kappa shape index (κ2) is 7.41. The first-order valence-electron chi connectivity index (χ1n) is 8.95. The van der Waals surface area contributed by atoms with E-state index in [4.69, 9.17) is 9.57 Å². The zero-order valence-electron chi connectivity index (χ0n) is 16.1. The minimum Gasteiger partial charge on any atom is -0.444 e. The van der Waals surface area contributed by atoms with Gasteiger partial charge in [-0.1, -0.05) is 17.2 Å². The number of hydrogen-bond acceptors (Lipinski definition) is 6. The van der Waals surface area contributed by atoms with Gasteiger partial charge in [0, 0.05) is 13.1 Å². The third-order valence-corrected chi connectivity index (χ3v) is 4.58. The van der Waals surface area contributed by atoms with E-state index in [0.717, 1.165) is 4.90 Å². The van der Waals surface area contributed by atoms with Crippen molar-refractivity contribution < 1.29 is 37.5 Å². The second-order valence-electron chi connectivity index (χ2n) is 7.85. The number of hydrogen-bond donors (Lipinski definition) is 0. The highest BCUT2D eigenvalue weighted by molar-refractivity contribution is 6.20. The van der Waals surface area contributed by atoms with Crippen LogP contribution in [0.25, 0.3) is 0 Å². The summed E-state index contributed by atoms with van der Waals surface area (Å²) in [6.07, 6.45) is -3.75. The predicted octanol–water partition coefficient (Wildman–Crippen LogP) is 2.49. The molecule has 1 aromatic rings. The van der Waals surface area contributed by atoms with Crippen molar-refractivity contribution in [3.05, 3.63) is 35.4 Å². The maximum absolute atomic E-state index is 13.5. The van der Waals surface area contributed by atoms with Crippen molar-refractivity contribution in [2.45, 2.75) is 32.8 Å². The average Bonchev–Trinajstić information content (AvgIpc) is 3.17. The molecule has 8 nitrogen and oxygen atoms in total. The van der Waals surface area contributed by atoms with Crippen molar-refractivity contribution in [3.63, 3.8) is 0 Å². The minimum absolute atomic E-state index is 0.0533. The number of ether oxygens (including phenoxy) is 1.